The predicted molar refractivity (Wildman–Crippen MR) is 49.6 cm³/mol. The van der Waals surface area contributed by atoms with Gasteiger partial charge in [-0.25, -0.2) is 0 Å². The summed E-state index contributed by atoms with van der Waals surface area (Å²) in [4.78, 5) is 0. The molecule has 0 aliphatic carbocycles. The van der Waals surface area contributed by atoms with Gasteiger partial charge in [0.15, 0.2) is 0 Å². The van der Waals surface area contributed by atoms with Gasteiger partial charge in [0, 0.05) is 13.1 Å². The smallest absolute Gasteiger partial charge is 0.272 e. The lowest BCUT2D eigenvalue weighted by molar-refractivity contribution is 0.000704. The molecule has 3 N–H and O–H groups in total. The highest BCUT2D eigenvalue weighted by Gasteiger charge is 2.37. The van der Waals surface area contributed by atoms with E-state index in [-0.39, 0.29) is 0 Å². The maximum absolute atomic E-state index is 11.0. The molecule has 0 radical (unpaired) electrons. The van der Waals surface area contributed by atoms with Crippen LogP contribution in [0.2, 0.25) is 0 Å². The molecule has 84 valence electrons. The van der Waals surface area contributed by atoms with E-state index in [1.165, 1.54) is 6.92 Å². The van der Waals surface area contributed by atoms with Gasteiger partial charge in [-0.05, 0) is 6.92 Å². The van der Waals surface area contributed by atoms with Gasteiger partial charge in [-0.3, -0.25) is 4.55 Å². The predicted octanol–water partition coefficient (Wildman–Crippen LogP) is -1.39. The third-order valence-corrected chi connectivity index (χ3v) is 3.53. The summed E-state index contributed by atoms with van der Waals surface area (Å²) in [5, 5.41) is 10.9. The number of aliphatic hydroxyl groups is 1. The van der Waals surface area contributed by atoms with Gasteiger partial charge in [0.25, 0.3) is 10.1 Å². The molecule has 6 nitrogen and oxygen atoms in total. The van der Waals surface area contributed by atoms with Crippen LogP contribution in [0.25, 0.3) is 0 Å². The summed E-state index contributed by atoms with van der Waals surface area (Å²) in [5.41, 5.74) is 0. The minimum atomic E-state index is -4.28. The molecule has 0 saturated carbocycles. The SMILES string of the molecule is CC(O)C(C1CNCCO1)S(=O)(=O)O. The van der Waals surface area contributed by atoms with Gasteiger partial charge in [0.1, 0.15) is 5.25 Å². The molecule has 1 aliphatic heterocycles. The van der Waals surface area contributed by atoms with Crippen LogP contribution in [0.5, 0.6) is 0 Å². The Bertz CT molecular complexity index is 270. The van der Waals surface area contributed by atoms with Crippen LogP contribution >= 0.6 is 0 Å². The Labute approximate surface area is 83.0 Å². The quantitative estimate of drug-likeness (QED) is 0.512. The second-order valence-corrected chi connectivity index (χ2v) is 4.91. The lowest BCUT2D eigenvalue weighted by atomic mass is 10.1. The topological polar surface area (TPSA) is 95.9 Å². The lowest BCUT2D eigenvalue weighted by Crippen LogP contribution is -2.52. The number of rotatable bonds is 3. The molecule has 0 aromatic carbocycles. The van der Waals surface area contributed by atoms with Crippen molar-refractivity contribution < 1.29 is 22.8 Å². The van der Waals surface area contributed by atoms with Crippen LogP contribution in [0.15, 0.2) is 0 Å². The van der Waals surface area contributed by atoms with Crippen LogP contribution in [-0.4, -0.2) is 55.2 Å². The van der Waals surface area contributed by atoms with E-state index in [9.17, 15) is 13.5 Å². The fourth-order valence-electron chi connectivity index (χ4n) is 1.55. The van der Waals surface area contributed by atoms with Gasteiger partial charge in [0.05, 0.1) is 18.8 Å². The van der Waals surface area contributed by atoms with Crippen LogP contribution in [0.1, 0.15) is 6.92 Å². The van der Waals surface area contributed by atoms with Crippen molar-refractivity contribution >= 4 is 10.1 Å². The van der Waals surface area contributed by atoms with Crippen molar-refractivity contribution in [2.75, 3.05) is 19.7 Å². The fourth-order valence-corrected chi connectivity index (χ4v) is 2.60. The summed E-state index contributed by atoms with van der Waals surface area (Å²) in [7, 11) is -4.28. The molecule has 1 saturated heterocycles. The Morgan fingerprint density at radius 2 is 2.21 bits per heavy atom. The van der Waals surface area contributed by atoms with Gasteiger partial charge in [0.2, 0.25) is 0 Å². The molecule has 7 heteroatoms. The second-order valence-electron chi connectivity index (χ2n) is 3.33. The van der Waals surface area contributed by atoms with Crippen molar-refractivity contribution in [3.05, 3.63) is 0 Å². The third-order valence-electron chi connectivity index (χ3n) is 2.14. The first-order valence-electron chi connectivity index (χ1n) is 4.39. The molecule has 14 heavy (non-hydrogen) atoms. The number of hydrogen-bond donors (Lipinski definition) is 3. The molecule has 3 unspecified atom stereocenters. The highest BCUT2D eigenvalue weighted by Crippen LogP contribution is 2.14. The average molecular weight is 225 g/mol. The first kappa shape index (κ1) is 11.9. The molecule has 1 rings (SSSR count). The number of morpholine rings is 1. The van der Waals surface area contributed by atoms with E-state index in [2.05, 4.69) is 5.32 Å². The zero-order chi connectivity index (χ0) is 10.8. The molecule has 0 bridgehead atoms. The van der Waals surface area contributed by atoms with Gasteiger partial charge in [-0.1, -0.05) is 0 Å². The Kier molecular flexibility index (Phi) is 3.85. The van der Waals surface area contributed by atoms with E-state index in [1.807, 2.05) is 0 Å². The third kappa shape index (κ3) is 2.89. The Hall–Kier alpha value is -0.210. The molecule has 0 aromatic rings. The molecule has 1 heterocycles. The molecule has 1 aliphatic rings. The second kappa shape index (κ2) is 4.54. The van der Waals surface area contributed by atoms with E-state index < -0.39 is 27.6 Å². The van der Waals surface area contributed by atoms with Crippen molar-refractivity contribution in [3.63, 3.8) is 0 Å². The summed E-state index contributed by atoms with van der Waals surface area (Å²) in [6.07, 6.45) is -1.85. The molecule has 0 spiro atoms. The zero-order valence-electron chi connectivity index (χ0n) is 7.88. The number of nitrogens with one attached hydrogen (secondary N) is 1. The Balaban J connectivity index is 2.76. The van der Waals surface area contributed by atoms with E-state index in [0.717, 1.165) is 0 Å². The summed E-state index contributed by atoms with van der Waals surface area (Å²) in [5.74, 6) is 0. The van der Waals surface area contributed by atoms with Gasteiger partial charge in [-0.2, -0.15) is 8.42 Å². The fraction of sp³-hybridized carbons (Fsp3) is 1.00. The van der Waals surface area contributed by atoms with Gasteiger partial charge >= 0.3 is 0 Å². The monoisotopic (exact) mass is 225 g/mol. The number of aliphatic hydroxyl groups excluding tert-OH is 1. The Morgan fingerprint density at radius 1 is 1.57 bits per heavy atom. The van der Waals surface area contributed by atoms with Crippen LogP contribution in [0, 0.1) is 0 Å². The van der Waals surface area contributed by atoms with Crippen molar-refractivity contribution in [1.29, 1.82) is 0 Å². The van der Waals surface area contributed by atoms with Gasteiger partial charge in [-0.15, -0.1) is 0 Å². The minimum absolute atomic E-state index is 0.315. The highest BCUT2D eigenvalue weighted by atomic mass is 32.2. The van der Waals surface area contributed by atoms with E-state index in [4.69, 9.17) is 9.29 Å². The summed E-state index contributed by atoms with van der Waals surface area (Å²) >= 11 is 0. The molecule has 3 atom stereocenters. The zero-order valence-corrected chi connectivity index (χ0v) is 8.70. The first-order chi connectivity index (χ1) is 6.43. The van der Waals surface area contributed by atoms with E-state index in [0.29, 0.717) is 19.7 Å². The molecular formula is C7H15NO5S. The van der Waals surface area contributed by atoms with E-state index in [1.54, 1.807) is 0 Å². The lowest BCUT2D eigenvalue weighted by Gasteiger charge is -2.30. The molecule has 0 aromatic heterocycles. The number of hydrogen-bond acceptors (Lipinski definition) is 5. The van der Waals surface area contributed by atoms with Crippen LogP contribution in [0.4, 0.5) is 0 Å². The van der Waals surface area contributed by atoms with Crippen LogP contribution < -0.4 is 5.32 Å². The van der Waals surface area contributed by atoms with Gasteiger partial charge < -0.3 is 15.2 Å². The van der Waals surface area contributed by atoms with Crippen LogP contribution in [-0.2, 0) is 14.9 Å². The maximum atomic E-state index is 11.0. The van der Waals surface area contributed by atoms with Crippen molar-refractivity contribution in [2.45, 2.75) is 24.4 Å². The Morgan fingerprint density at radius 3 is 2.57 bits per heavy atom. The van der Waals surface area contributed by atoms with Crippen LogP contribution in [0.3, 0.4) is 0 Å². The molecule has 0 amide bonds. The molecule has 1 fully saturated rings. The normalized spacial score (nSPS) is 28.4. The molecular weight excluding hydrogens is 210 g/mol. The maximum Gasteiger partial charge on any atom is 0.272 e. The summed E-state index contributed by atoms with van der Waals surface area (Å²) in [6, 6.07) is 0. The summed E-state index contributed by atoms with van der Waals surface area (Å²) < 4.78 is 36.0. The van der Waals surface area contributed by atoms with E-state index >= 15 is 0 Å². The number of ether oxygens (including phenoxy) is 1. The minimum Gasteiger partial charge on any atom is -0.392 e. The highest BCUT2D eigenvalue weighted by molar-refractivity contribution is 7.86. The van der Waals surface area contributed by atoms with Crippen molar-refractivity contribution in [1.82, 2.24) is 5.32 Å². The van der Waals surface area contributed by atoms with Crippen molar-refractivity contribution in [2.24, 2.45) is 0 Å². The average Bonchev–Trinajstić information content (AvgIpc) is 2.02. The largest absolute Gasteiger partial charge is 0.392 e. The van der Waals surface area contributed by atoms with Crippen molar-refractivity contribution in [3.8, 4) is 0 Å². The standard InChI is InChI=1S/C7H15NO5S/c1-5(9)7(14(10,11)12)6-4-8-2-3-13-6/h5-9H,2-4H2,1H3,(H,10,11,12). The first-order valence-corrected chi connectivity index (χ1v) is 5.90. The summed E-state index contributed by atoms with van der Waals surface area (Å²) in [6.45, 7) is 2.66.